The van der Waals surface area contributed by atoms with Crippen molar-refractivity contribution < 1.29 is 24.4 Å². The first-order chi connectivity index (χ1) is 17.1. The van der Waals surface area contributed by atoms with Crippen LogP contribution in [0.25, 0.3) is 5.76 Å². The second kappa shape index (κ2) is 11.8. The van der Waals surface area contributed by atoms with Gasteiger partial charge in [0.05, 0.1) is 23.1 Å². The number of likely N-dealkylation sites (tertiary alicyclic amines) is 1. The molecule has 0 spiro atoms. The Morgan fingerprint density at radius 1 is 1.17 bits per heavy atom. The van der Waals surface area contributed by atoms with Crippen molar-refractivity contribution in [3.8, 4) is 5.75 Å². The Labute approximate surface area is 211 Å². The summed E-state index contributed by atoms with van der Waals surface area (Å²) in [5.74, 6) is -1.18. The first kappa shape index (κ1) is 26.9. The van der Waals surface area contributed by atoms with Crippen molar-refractivity contribution in [2.24, 2.45) is 0 Å². The van der Waals surface area contributed by atoms with Crippen molar-refractivity contribution in [3.05, 3.63) is 74.8 Å². The first-order valence-electron chi connectivity index (χ1n) is 12.1. The third kappa shape index (κ3) is 5.91. The zero-order valence-electron chi connectivity index (χ0n) is 21.2. The predicted octanol–water partition coefficient (Wildman–Crippen LogP) is 4.46. The zero-order valence-corrected chi connectivity index (χ0v) is 21.2. The van der Waals surface area contributed by atoms with Gasteiger partial charge in [-0.25, -0.2) is 0 Å². The predicted molar refractivity (Wildman–Crippen MR) is 137 cm³/mol. The lowest BCUT2D eigenvalue weighted by Gasteiger charge is -2.26. The molecule has 3 rings (SSSR count). The van der Waals surface area contributed by atoms with Crippen LogP contribution in [0.15, 0.2) is 48.0 Å². The van der Waals surface area contributed by atoms with Crippen LogP contribution in [0.2, 0.25) is 0 Å². The van der Waals surface area contributed by atoms with Crippen LogP contribution >= 0.6 is 0 Å². The Balaban J connectivity index is 2.07. The normalized spacial score (nSPS) is 17.1. The van der Waals surface area contributed by atoms with Crippen LogP contribution in [-0.4, -0.2) is 65.3 Å². The van der Waals surface area contributed by atoms with Crippen LogP contribution < -0.4 is 4.74 Å². The molecule has 1 saturated heterocycles. The van der Waals surface area contributed by atoms with E-state index in [9.17, 15) is 24.8 Å². The number of non-ortho nitro benzene ring substituents is 1. The minimum atomic E-state index is -0.937. The largest absolute Gasteiger partial charge is 0.507 e. The number of benzene rings is 2. The summed E-state index contributed by atoms with van der Waals surface area (Å²) in [4.78, 5) is 40.5. The van der Waals surface area contributed by atoms with Gasteiger partial charge in [0.15, 0.2) is 0 Å². The number of nitrogens with zero attached hydrogens (tertiary/aromatic N) is 3. The van der Waals surface area contributed by atoms with Gasteiger partial charge < -0.3 is 19.6 Å². The molecule has 0 saturated carbocycles. The van der Waals surface area contributed by atoms with Gasteiger partial charge in [0.2, 0.25) is 0 Å². The van der Waals surface area contributed by atoms with Gasteiger partial charge in [0, 0.05) is 24.2 Å². The monoisotopic (exact) mass is 495 g/mol. The van der Waals surface area contributed by atoms with Crippen LogP contribution in [0.3, 0.4) is 0 Å². The van der Waals surface area contributed by atoms with Crippen molar-refractivity contribution in [1.29, 1.82) is 0 Å². The molecular weight excluding hydrogens is 462 g/mol. The van der Waals surface area contributed by atoms with E-state index in [1.165, 1.54) is 23.1 Å². The lowest BCUT2D eigenvalue weighted by atomic mass is 9.94. The van der Waals surface area contributed by atoms with E-state index < -0.39 is 22.7 Å². The molecule has 1 aliphatic rings. The van der Waals surface area contributed by atoms with E-state index >= 15 is 0 Å². The number of aryl methyl sites for hydroxylation is 1. The summed E-state index contributed by atoms with van der Waals surface area (Å²) in [6, 6.07) is 9.99. The highest BCUT2D eigenvalue weighted by molar-refractivity contribution is 6.46. The molecule has 1 aliphatic heterocycles. The summed E-state index contributed by atoms with van der Waals surface area (Å²) >= 11 is 0. The number of nitro groups is 1. The molecule has 1 amide bonds. The Kier molecular flexibility index (Phi) is 8.82. The second-order valence-electron chi connectivity index (χ2n) is 9.18. The zero-order chi connectivity index (χ0) is 26.4. The lowest BCUT2D eigenvalue weighted by molar-refractivity contribution is -0.384. The SMILES string of the molecule is CCCCOc1ccc(/C(O)=C2\C(=O)C(=O)N(CCCN(C)C)[C@H]2c2cccc([N+](=O)[O-])c2)cc1C. The molecule has 1 atom stereocenters. The van der Waals surface area contributed by atoms with E-state index in [2.05, 4.69) is 6.92 Å². The highest BCUT2D eigenvalue weighted by Crippen LogP contribution is 2.40. The van der Waals surface area contributed by atoms with E-state index in [0.717, 1.165) is 18.4 Å². The summed E-state index contributed by atoms with van der Waals surface area (Å²) in [6.07, 6.45) is 2.51. The maximum Gasteiger partial charge on any atom is 0.295 e. The van der Waals surface area contributed by atoms with Gasteiger partial charge in [-0.05, 0) is 69.7 Å². The molecule has 0 aliphatic carbocycles. The van der Waals surface area contributed by atoms with Gasteiger partial charge in [-0.3, -0.25) is 19.7 Å². The number of amides is 1. The number of unbranched alkanes of at least 4 members (excludes halogenated alkanes) is 1. The molecule has 0 radical (unpaired) electrons. The average molecular weight is 496 g/mol. The van der Waals surface area contributed by atoms with E-state index in [0.29, 0.717) is 36.4 Å². The second-order valence-corrected chi connectivity index (χ2v) is 9.18. The average Bonchev–Trinajstić information content (AvgIpc) is 3.09. The minimum absolute atomic E-state index is 0.0793. The molecule has 1 fully saturated rings. The summed E-state index contributed by atoms with van der Waals surface area (Å²) in [5.41, 5.74) is 1.31. The number of rotatable bonds is 11. The number of hydrogen-bond acceptors (Lipinski definition) is 7. The Morgan fingerprint density at radius 2 is 1.92 bits per heavy atom. The summed E-state index contributed by atoms with van der Waals surface area (Å²) < 4.78 is 5.79. The maximum atomic E-state index is 13.2. The van der Waals surface area contributed by atoms with Crippen molar-refractivity contribution in [2.75, 3.05) is 33.8 Å². The number of ketones is 1. The topological polar surface area (TPSA) is 113 Å². The molecule has 2 aromatic rings. The number of hydrogen-bond donors (Lipinski definition) is 1. The van der Waals surface area contributed by atoms with E-state index in [-0.39, 0.29) is 23.6 Å². The number of carbonyl (C=O) groups is 2. The van der Waals surface area contributed by atoms with Gasteiger partial charge >= 0.3 is 0 Å². The molecule has 9 nitrogen and oxygen atoms in total. The molecule has 0 bridgehead atoms. The third-order valence-corrected chi connectivity index (χ3v) is 6.14. The minimum Gasteiger partial charge on any atom is -0.507 e. The van der Waals surface area contributed by atoms with Crippen molar-refractivity contribution in [1.82, 2.24) is 9.80 Å². The summed E-state index contributed by atoms with van der Waals surface area (Å²) in [6.45, 7) is 5.44. The Morgan fingerprint density at radius 3 is 2.56 bits per heavy atom. The third-order valence-electron chi connectivity index (χ3n) is 6.14. The number of ether oxygens (including phenoxy) is 1. The standard InChI is InChI=1S/C27H33N3O6/c1-5-6-15-36-22-12-11-20(16-18(22)2)25(31)23-24(19-9-7-10-21(17-19)30(34)35)29(27(33)26(23)32)14-8-13-28(3)4/h7,9-12,16-17,24,31H,5-6,8,13-15H2,1-4H3/b25-23+/t24-/m0/s1. The van der Waals surface area contributed by atoms with Gasteiger partial charge in [0.25, 0.3) is 17.4 Å². The van der Waals surface area contributed by atoms with E-state index in [1.54, 1.807) is 24.3 Å². The fraction of sp³-hybridized carbons (Fsp3) is 0.407. The Bertz CT molecular complexity index is 1170. The van der Waals surface area contributed by atoms with Crippen LogP contribution in [0.1, 0.15) is 48.9 Å². The number of aliphatic hydroxyl groups excluding tert-OH is 1. The summed E-state index contributed by atoms with van der Waals surface area (Å²) in [5, 5.41) is 22.7. The number of nitro benzene ring substituents is 1. The number of aliphatic hydroxyl groups is 1. The maximum absolute atomic E-state index is 13.2. The molecule has 1 N–H and O–H groups in total. The molecule has 36 heavy (non-hydrogen) atoms. The smallest absolute Gasteiger partial charge is 0.295 e. The molecule has 0 aromatic heterocycles. The fourth-order valence-electron chi connectivity index (χ4n) is 4.26. The molecule has 2 aromatic carbocycles. The highest BCUT2D eigenvalue weighted by atomic mass is 16.6. The molecular formula is C27H33N3O6. The quantitative estimate of drug-likeness (QED) is 0.122. The molecule has 1 heterocycles. The summed E-state index contributed by atoms with van der Waals surface area (Å²) in [7, 11) is 3.81. The van der Waals surface area contributed by atoms with Gasteiger partial charge in [0.1, 0.15) is 11.5 Å². The molecule has 0 unspecified atom stereocenters. The first-order valence-corrected chi connectivity index (χ1v) is 12.1. The number of carbonyl (C=O) groups excluding carboxylic acids is 2. The van der Waals surface area contributed by atoms with Gasteiger partial charge in [-0.1, -0.05) is 25.5 Å². The van der Waals surface area contributed by atoms with E-state index in [1.807, 2.05) is 25.9 Å². The van der Waals surface area contributed by atoms with E-state index in [4.69, 9.17) is 4.74 Å². The molecule has 192 valence electrons. The number of Topliss-reactive ketones (excluding diaryl/α,β-unsaturated/α-hetero) is 1. The van der Waals surface area contributed by atoms with Crippen LogP contribution in [0, 0.1) is 17.0 Å². The van der Waals surface area contributed by atoms with Gasteiger partial charge in [-0.15, -0.1) is 0 Å². The lowest BCUT2D eigenvalue weighted by Crippen LogP contribution is -2.32. The van der Waals surface area contributed by atoms with Crippen molar-refractivity contribution >= 4 is 23.1 Å². The van der Waals surface area contributed by atoms with Crippen molar-refractivity contribution in [2.45, 2.75) is 39.2 Å². The Hall–Kier alpha value is -3.72. The molecule has 9 heteroatoms. The van der Waals surface area contributed by atoms with Crippen LogP contribution in [-0.2, 0) is 9.59 Å². The van der Waals surface area contributed by atoms with Crippen molar-refractivity contribution in [3.63, 3.8) is 0 Å². The highest BCUT2D eigenvalue weighted by Gasteiger charge is 2.46. The van der Waals surface area contributed by atoms with Crippen LogP contribution in [0.5, 0.6) is 5.75 Å². The van der Waals surface area contributed by atoms with Crippen LogP contribution in [0.4, 0.5) is 5.69 Å². The van der Waals surface area contributed by atoms with Gasteiger partial charge in [-0.2, -0.15) is 0 Å². The fourth-order valence-corrected chi connectivity index (χ4v) is 4.26.